The van der Waals surface area contributed by atoms with E-state index in [1.54, 1.807) is 7.11 Å². The smallest absolute Gasteiger partial charge is 0.302 e. The molecule has 0 aromatic carbocycles. The third-order valence-corrected chi connectivity index (χ3v) is 6.31. The van der Waals surface area contributed by atoms with Crippen molar-refractivity contribution in [1.29, 1.82) is 0 Å². The lowest BCUT2D eigenvalue weighted by atomic mass is 9.61. The van der Waals surface area contributed by atoms with Crippen LogP contribution in [-0.2, 0) is 23.7 Å². The maximum Gasteiger partial charge on any atom is 0.302 e. The third kappa shape index (κ3) is 1.38. The molecule has 20 heavy (non-hydrogen) atoms. The summed E-state index contributed by atoms with van der Waals surface area (Å²) >= 11 is 1.83. The summed E-state index contributed by atoms with van der Waals surface area (Å²) in [5, 5.41) is 0. The quantitative estimate of drug-likeness (QED) is 0.572. The number of methoxy groups -OCH3 is 1. The summed E-state index contributed by atoms with van der Waals surface area (Å²) in [6, 6.07) is 0. The Labute approximate surface area is 122 Å². The van der Waals surface area contributed by atoms with Crippen molar-refractivity contribution in [1.82, 2.24) is 0 Å². The van der Waals surface area contributed by atoms with Gasteiger partial charge in [-0.05, 0) is 0 Å². The van der Waals surface area contributed by atoms with Crippen molar-refractivity contribution in [2.75, 3.05) is 25.2 Å². The van der Waals surface area contributed by atoms with Crippen LogP contribution < -0.4 is 0 Å². The van der Waals surface area contributed by atoms with E-state index >= 15 is 0 Å². The van der Waals surface area contributed by atoms with Crippen LogP contribution in [0.1, 0.15) is 6.92 Å². The first kappa shape index (κ1) is 13.1. The van der Waals surface area contributed by atoms with Crippen molar-refractivity contribution >= 4 is 17.7 Å². The highest BCUT2D eigenvalue weighted by Gasteiger charge is 2.77. The molecule has 0 aromatic rings. The van der Waals surface area contributed by atoms with Crippen molar-refractivity contribution < 1.29 is 23.7 Å². The average Bonchev–Trinajstić information content (AvgIpc) is 3.06. The first-order chi connectivity index (χ1) is 9.63. The summed E-state index contributed by atoms with van der Waals surface area (Å²) in [5.41, 5.74) is -0.678. The molecule has 0 amide bonds. The number of carbonyl (C=O) groups is 1. The standard InChI is InChI=1S/C14H18O5S/c1-8(15)17-6-14-10-5-20-7-13(14)4-3-9(19-13)11(14)12(16-2)18-10/h3-4,9-12H,5-7H2,1-2H3/t9-,10+,11+,12-,13-,14-/m0/s1. The molecule has 0 aliphatic carbocycles. The van der Waals surface area contributed by atoms with Crippen LogP contribution in [-0.4, -0.2) is 55.3 Å². The van der Waals surface area contributed by atoms with Crippen LogP contribution in [0.4, 0.5) is 0 Å². The molecule has 1 spiro atoms. The highest BCUT2D eigenvalue weighted by molar-refractivity contribution is 7.99. The van der Waals surface area contributed by atoms with E-state index in [1.807, 2.05) is 11.8 Å². The van der Waals surface area contributed by atoms with Crippen molar-refractivity contribution in [2.24, 2.45) is 11.3 Å². The van der Waals surface area contributed by atoms with Gasteiger partial charge < -0.3 is 18.9 Å². The van der Waals surface area contributed by atoms with Crippen LogP contribution in [0.5, 0.6) is 0 Å². The van der Waals surface area contributed by atoms with Gasteiger partial charge in [-0.3, -0.25) is 4.79 Å². The summed E-state index contributed by atoms with van der Waals surface area (Å²) < 4.78 is 23.3. The minimum Gasteiger partial charge on any atom is -0.465 e. The second kappa shape index (κ2) is 4.22. The number of ether oxygens (including phenoxy) is 4. The van der Waals surface area contributed by atoms with Gasteiger partial charge in [0.15, 0.2) is 6.29 Å². The third-order valence-electron chi connectivity index (χ3n) is 5.14. The normalized spacial score (nSPS) is 51.3. The summed E-state index contributed by atoms with van der Waals surface area (Å²) in [6.45, 7) is 1.79. The summed E-state index contributed by atoms with van der Waals surface area (Å²) in [4.78, 5) is 11.3. The zero-order valence-corrected chi connectivity index (χ0v) is 12.4. The van der Waals surface area contributed by atoms with Gasteiger partial charge in [0, 0.05) is 25.5 Å². The molecule has 6 atom stereocenters. The number of esters is 1. The Morgan fingerprint density at radius 2 is 2.40 bits per heavy atom. The average molecular weight is 298 g/mol. The van der Waals surface area contributed by atoms with Crippen LogP contribution in [0.2, 0.25) is 0 Å². The maximum atomic E-state index is 11.3. The van der Waals surface area contributed by atoms with Crippen molar-refractivity contribution in [2.45, 2.75) is 31.0 Å². The largest absolute Gasteiger partial charge is 0.465 e. The molecule has 0 N–H and O–H groups in total. The maximum absolute atomic E-state index is 11.3. The molecule has 5 nitrogen and oxygen atoms in total. The minimum absolute atomic E-state index is 0.000733. The fourth-order valence-electron chi connectivity index (χ4n) is 4.31. The lowest BCUT2D eigenvalue weighted by Gasteiger charge is -2.47. The molecule has 4 heterocycles. The van der Waals surface area contributed by atoms with Gasteiger partial charge in [0.2, 0.25) is 0 Å². The monoisotopic (exact) mass is 298 g/mol. The van der Waals surface area contributed by atoms with E-state index in [1.165, 1.54) is 6.92 Å². The van der Waals surface area contributed by atoms with E-state index in [4.69, 9.17) is 18.9 Å². The molecule has 0 unspecified atom stereocenters. The Balaban J connectivity index is 1.78. The van der Waals surface area contributed by atoms with Gasteiger partial charge in [0.1, 0.15) is 12.2 Å². The van der Waals surface area contributed by atoms with Gasteiger partial charge >= 0.3 is 5.97 Å². The molecule has 0 saturated carbocycles. The van der Waals surface area contributed by atoms with Gasteiger partial charge in [-0.2, -0.15) is 11.8 Å². The predicted octanol–water partition coefficient (Wildman–Crippen LogP) is 0.978. The van der Waals surface area contributed by atoms with Gasteiger partial charge in [-0.15, -0.1) is 0 Å². The molecule has 0 radical (unpaired) electrons. The van der Waals surface area contributed by atoms with Gasteiger partial charge in [0.25, 0.3) is 0 Å². The Morgan fingerprint density at radius 1 is 1.55 bits per heavy atom. The zero-order valence-electron chi connectivity index (χ0n) is 11.5. The number of hydrogen-bond acceptors (Lipinski definition) is 6. The van der Waals surface area contributed by atoms with E-state index < -0.39 is 0 Å². The zero-order chi connectivity index (χ0) is 14.0. The van der Waals surface area contributed by atoms with Crippen molar-refractivity contribution in [3.63, 3.8) is 0 Å². The second-order valence-corrected chi connectivity index (χ2v) is 6.95. The Morgan fingerprint density at radius 3 is 3.15 bits per heavy atom. The van der Waals surface area contributed by atoms with Gasteiger partial charge in [0.05, 0.1) is 23.5 Å². The minimum atomic E-state index is -0.376. The summed E-state index contributed by atoms with van der Waals surface area (Å²) in [5.74, 6) is 1.62. The molecule has 2 bridgehead atoms. The molecular formula is C14H18O5S. The Kier molecular flexibility index (Phi) is 2.77. The SMILES string of the molecule is CO[C@H]1O[C@@H]2CSC[C@]34C=C[C@H](O3)[C@H]1[C@]24COC(C)=O. The van der Waals surface area contributed by atoms with Crippen LogP contribution >= 0.6 is 11.8 Å². The fourth-order valence-corrected chi connectivity index (χ4v) is 5.76. The van der Waals surface area contributed by atoms with Crippen LogP contribution in [0.15, 0.2) is 12.2 Å². The highest BCUT2D eigenvalue weighted by atomic mass is 32.2. The molecule has 4 aliphatic rings. The molecule has 4 rings (SSSR count). The number of thioether (sulfide) groups is 1. The predicted molar refractivity (Wildman–Crippen MR) is 72.3 cm³/mol. The lowest BCUT2D eigenvalue weighted by molar-refractivity contribution is -0.161. The van der Waals surface area contributed by atoms with E-state index in [2.05, 4.69) is 12.2 Å². The summed E-state index contributed by atoms with van der Waals surface area (Å²) in [6.07, 6.45) is 3.98. The molecule has 110 valence electrons. The van der Waals surface area contributed by atoms with E-state index in [-0.39, 0.29) is 41.4 Å². The lowest BCUT2D eigenvalue weighted by Crippen LogP contribution is -2.60. The Bertz CT molecular complexity index is 480. The summed E-state index contributed by atoms with van der Waals surface area (Å²) in [7, 11) is 1.66. The van der Waals surface area contributed by atoms with Crippen LogP contribution in [0.25, 0.3) is 0 Å². The van der Waals surface area contributed by atoms with Crippen LogP contribution in [0, 0.1) is 11.3 Å². The topological polar surface area (TPSA) is 54.0 Å². The van der Waals surface area contributed by atoms with Gasteiger partial charge in [-0.1, -0.05) is 12.2 Å². The molecular weight excluding hydrogens is 280 g/mol. The first-order valence-corrected chi connectivity index (χ1v) is 8.05. The number of carbonyl (C=O) groups excluding carboxylic acids is 1. The molecule has 6 heteroatoms. The van der Waals surface area contributed by atoms with Gasteiger partial charge in [-0.25, -0.2) is 0 Å². The first-order valence-electron chi connectivity index (χ1n) is 6.89. The van der Waals surface area contributed by atoms with Crippen molar-refractivity contribution in [3.8, 4) is 0 Å². The fraction of sp³-hybridized carbons (Fsp3) is 0.786. The second-order valence-electron chi connectivity index (χ2n) is 5.92. The highest BCUT2D eigenvalue weighted by Crippen LogP contribution is 2.66. The Hall–Kier alpha value is -0.560. The molecule has 0 aromatic heterocycles. The molecule has 4 aliphatic heterocycles. The van der Waals surface area contributed by atoms with E-state index in [9.17, 15) is 4.79 Å². The number of fused-ring (bicyclic) bond motifs is 2. The van der Waals surface area contributed by atoms with E-state index in [0.29, 0.717) is 6.61 Å². The molecule has 3 saturated heterocycles. The van der Waals surface area contributed by atoms with Crippen molar-refractivity contribution in [3.05, 3.63) is 12.2 Å². The van der Waals surface area contributed by atoms with Crippen LogP contribution in [0.3, 0.4) is 0 Å². The number of rotatable bonds is 3. The number of hydrogen-bond donors (Lipinski definition) is 0. The molecule has 3 fully saturated rings. The van der Waals surface area contributed by atoms with E-state index in [0.717, 1.165) is 11.5 Å².